The number of fused-ring (bicyclic) bond motifs is 1. The first kappa shape index (κ1) is 26.2. The van der Waals surface area contributed by atoms with Gasteiger partial charge in [-0.25, -0.2) is 0 Å². The summed E-state index contributed by atoms with van der Waals surface area (Å²) in [7, 11) is 0. The van der Waals surface area contributed by atoms with Crippen molar-refractivity contribution in [3.05, 3.63) is 71.1 Å². The van der Waals surface area contributed by atoms with Crippen molar-refractivity contribution in [2.45, 2.75) is 32.3 Å². The number of aliphatic carboxylic acids is 1. The summed E-state index contributed by atoms with van der Waals surface area (Å²) in [6, 6.07) is 17.0. The Morgan fingerprint density at radius 2 is 1.84 bits per heavy atom. The van der Waals surface area contributed by atoms with Gasteiger partial charge in [0, 0.05) is 21.2 Å². The third-order valence-electron chi connectivity index (χ3n) is 6.15. The number of aromatic hydroxyl groups is 1. The molecule has 2 atom stereocenters. The Morgan fingerprint density at radius 1 is 1.05 bits per heavy atom. The molecule has 190 valence electrons. The molecule has 1 unspecified atom stereocenters. The molecule has 0 saturated heterocycles. The molecule has 0 aliphatic rings. The molecular formula is C30H28O6S. The Labute approximate surface area is 219 Å². The van der Waals surface area contributed by atoms with Crippen LogP contribution in [-0.2, 0) is 4.79 Å². The minimum atomic E-state index is -0.940. The molecule has 0 amide bonds. The molecule has 1 heterocycles. The fourth-order valence-electron chi connectivity index (χ4n) is 4.29. The quantitative estimate of drug-likeness (QED) is 0.217. The van der Waals surface area contributed by atoms with E-state index in [1.54, 1.807) is 24.3 Å². The van der Waals surface area contributed by atoms with Crippen molar-refractivity contribution in [3.8, 4) is 45.6 Å². The van der Waals surface area contributed by atoms with Crippen LogP contribution < -0.4 is 4.74 Å². The molecule has 4 rings (SSSR count). The van der Waals surface area contributed by atoms with Crippen molar-refractivity contribution in [1.29, 1.82) is 0 Å². The van der Waals surface area contributed by atoms with E-state index in [2.05, 4.69) is 23.3 Å². The number of carbonyl (C=O) groups is 1. The van der Waals surface area contributed by atoms with Crippen LogP contribution in [0, 0.1) is 18.8 Å². The summed E-state index contributed by atoms with van der Waals surface area (Å²) >= 11 is 1.64. The molecule has 3 aromatic carbocycles. The smallest absolute Gasteiger partial charge is 0.304 e. The molecule has 0 spiro atoms. The molecule has 7 heteroatoms. The third-order valence-corrected chi connectivity index (χ3v) is 7.11. The second-order valence-corrected chi connectivity index (χ2v) is 9.72. The number of aryl methyl sites for hydroxylation is 1. The number of phenolic OH excluding ortho intramolecular Hbond substituents is 1. The van der Waals surface area contributed by atoms with Crippen molar-refractivity contribution in [3.63, 3.8) is 0 Å². The average molecular weight is 517 g/mol. The fraction of sp³-hybridized carbons (Fsp3) is 0.233. The van der Waals surface area contributed by atoms with Gasteiger partial charge in [0.1, 0.15) is 24.2 Å². The van der Waals surface area contributed by atoms with Crippen LogP contribution in [0.25, 0.3) is 32.3 Å². The molecule has 4 aromatic rings. The van der Waals surface area contributed by atoms with Gasteiger partial charge in [-0.1, -0.05) is 30.2 Å². The molecule has 4 N–H and O–H groups in total. The molecule has 0 saturated carbocycles. The van der Waals surface area contributed by atoms with E-state index in [0.717, 1.165) is 32.3 Å². The van der Waals surface area contributed by atoms with E-state index in [-0.39, 0.29) is 25.4 Å². The zero-order valence-electron chi connectivity index (χ0n) is 20.6. The summed E-state index contributed by atoms with van der Waals surface area (Å²) in [4.78, 5) is 11.2. The van der Waals surface area contributed by atoms with Crippen LogP contribution in [0.2, 0.25) is 0 Å². The van der Waals surface area contributed by atoms with Crippen molar-refractivity contribution < 1.29 is 30.0 Å². The second-order valence-electron chi connectivity index (χ2n) is 8.81. The van der Waals surface area contributed by atoms with Gasteiger partial charge in [0.05, 0.1) is 18.9 Å². The molecule has 0 aliphatic heterocycles. The van der Waals surface area contributed by atoms with E-state index in [1.807, 2.05) is 49.4 Å². The standard InChI is InChI=1S/C30H28O6S/c1-3-4-19(14-30(34)35)20-5-8-25(28(33)13-20)21-6-10-29-26(12-21)27(17-37-29)24-9-7-23(11-18(24)2)36-16-22(32)15-31/h5-13,17,19,22,31-33H,14-16H2,1-2H3,(H,34,35)/t19-,22?/m0/s1. The lowest BCUT2D eigenvalue weighted by Crippen LogP contribution is -2.21. The number of hydrogen-bond donors (Lipinski definition) is 4. The maximum Gasteiger partial charge on any atom is 0.304 e. The minimum absolute atomic E-state index is 0.0182. The normalized spacial score (nSPS) is 12.5. The molecule has 0 aliphatic carbocycles. The van der Waals surface area contributed by atoms with Crippen LogP contribution >= 0.6 is 11.3 Å². The largest absolute Gasteiger partial charge is 0.507 e. The number of phenols is 1. The maximum absolute atomic E-state index is 11.2. The number of thiophene rings is 1. The van der Waals surface area contributed by atoms with Gasteiger partial charge in [0.25, 0.3) is 0 Å². The average Bonchev–Trinajstić information content (AvgIpc) is 3.29. The van der Waals surface area contributed by atoms with Crippen molar-refractivity contribution in [1.82, 2.24) is 0 Å². The van der Waals surface area contributed by atoms with Crippen LogP contribution in [0.5, 0.6) is 11.5 Å². The summed E-state index contributed by atoms with van der Waals surface area (Å²) in [5, 5.41) is 41.7. The highest BCUT2D eigenvalue weighted by atomic mass is 32.1. The first-order valence-electron chi connectivity index (χ1n) is 11.8. The van der Waals surface area contributed by atoms with Crippen LogP contribution in [-0.4, -0.2) is 45.7 Å². The first-order chi connectivity index (χ1) is 17.8. The fourth-order valence-corrected chi connectivity index (χ4v) is 5.23. The Morgan fingerprint density at radius 3 is 2.51 bits per heavy atom. The number of aliphatic hydroxyl groups excluding tert-OH is 2. The molecule has 0 fully saturated rings. The van der Waals surface area contributed by atoms with E-state index in [1.165, 1.54) is 0 Å². The summed E-state index contributed by atoms with van der Waals surface area (Å²) in [5.74, 6) is 4.95. The van der Waals surface area contributed by atoms with Gasteiger partial charge in [-0.2, -0.15) is 0 Å². The van der Waals surface area contributed by atoms with E-state index in [4.69, 9.17) is 9.84 Å². The van der Waals surface area contributed by atoms with Gasteiger partial charge in [-0.15, -0.1) is 17.3 Å². The second kappa shape index (κ2) is 11.5. The molecule has 6 nitrogen and oxygen atoms in total. The highest BCUT2D eigenvalue weighted by Gasteiger charge is 2.17. The summed E-state index contributed by atoms with van der Waals surface area (Å²) in [6.07, 6.45) is -1.05. The maximum atomic E-state index is 11.2. The molecular weight excluding hydrogens is 488 g/mol. The van der Waals surface area contributed by atoms with Gasteiger partial charge < -0.3 is 25.2 Å². The summed E-state index contributed by atoms with van der Waals surface area (Å²) in [6.45, 7) is 3.33. The van der Waals surface area contributed by atoms with Gasteiger partial charge in [0.2, 0.25) is 0 Å². The lowest BCUT2D eigenvalue weighted by Gasteiger charge is -2.13. The molecule has 1 aromatic heterocycles. The topological polar surface area (TPSA) is 107 Å². The lowest BCUT2D eigenvalue weighted by atomic mass is 9.92. The number of aliphatic hydroxyl groups is 2. The Balaban J connectivity index is 1.67. The lowest BCUT2D eigenvalue weighted by molar-refractivity contribution is -0.137. The number of carboxylic acid groups (broad SMARTS) is 1. The third kappa shape index (κ3) is 5.95. The minimum Gasteiger partial charge on any atom is -0.507 e. The number of hydrogen-bond acceptors (Lipinski definition) is 6. The van der Waals surface area contributed by atoms with Gasteiger partial charge in [0.15, 0.2) is 0 Å². The van der Waals surface area contributed by atoms with Gasteiger partial charge in [-0.05, 0) is 71.8 Å². The Bertz CT molecular complexity index is 1490. The SMILES string of the molecule is CC#C[C@@H](CC(=O)O)c1ccc(-c2ccc3scc(-c4ccc(OCC(O)CO)cc4C)c3c2)c(O)c1. The van der Waals surface area contributed by atoms with E-state index < -0.39 is 18.0 Å². The van der Waals surface area contributed by atoms with Crippen LogP contribution in [0.1, 0.15) is 30.4 Å². The van der Waals surface area contributed by atoms with Crippen molar-refractivity contribution in [2.75, 3.05) is 13.2 Å². The first-order valence-corrected chi connectivity index (χ1v) is 12.7. The molecule has 0 radical (unpaired) electrons. The number of benzene rings is 3. The zero-order valence-corrected chi connectivity index (χ0v) is 21.4. The zero-order chi connectivity index (χ0) is 26.5. The predicted molar refractivity (Wildman–Crippen MR) is 146 cm³/mol. The van der Waals surface area contributed by atoms with Crippen LogP contribution in [0.15, 0.2) is 60.0 Å². The summed E-state index contributed by atoms with van der Waals surface area (Å²) < 4.78 is 6.69. The van der Waals surface area contributed by atoms with Crippen LogP contribution in [0.3, 0.4) is 0 Å². The molecule has 37 heavy (non-hydrogen) atoms. The Kier molecular flexibility index (Phi) is 8.14. The van der Waals surface area contributed by atoms with Crippen molar-refractivity contribution >= 4 is 27.4 Å². The van der Waals surface area contributed by atoms with E-state index >= 15 is 0 Å². The van der Waals surface area contributed by atoms with E-state index in [0.29, 0.717) is 16.9 Å². The van der Waals surface area contributed by atoms with Gasteiger partial charge in [-0.3, -0.25) is 4.79 Å². The number of rotatable bonds is 9. The van der Waals surface area contributed by atoms with Crippen LogP contribution in [0.4, 0.5) is 0 Å². The van der Waals surface area contributed by atoms with E-state index in [9.17, 15) is 20.1 Å². The number of ether oxygens (including phenoxy) is 1. The Hall–Kier alpha value is -3.83. The predicted octanol–water partition coefficient (Wildman–Crippen LogP) is 5.56. The van der Waals surface area contributed by atoms with Crippen molar-refractivity contribution in [2.24, 2.45) is 0 Å². The monoisotopic (exact) mass is 516 g/mol. The molecule has 0 bridgehead atoms. The summed E-state index contributed by atoms with van der Waals surface area (Å²) in [5.41, 5.74) is 5.30. The number of carboxylic acids is 1. The highest BCUT2D eigenvalue weighted by molar-refractivity contribution is 7.17. The van der Waals surface area contributed by atoms with Gasteiger partial charge >= 0.3 is 5.97 Å². The highest BCUT2D eigenvalue weighted by Crippen LogP contribution is 2.40.